The molecule has 0 bridgehead atoms. The predicted molar refractivity (Wildman–Crippen MR) is 73.2 cm³/mol. The molecule has 1 aliphatic rings. The zero-order valence-corrected chi connectivity index (χ0v) is 11.2. The molecule has 0 amide bonds. The Hall–Kier alpha value is -1.75. The number of hydrogen-bond donors (Lipinski definition) is 1. The van der Waals surface area contributed by atoms with Crippen molar-refractivity contribution in [3.8, 4) is 5.69 Å². The van der Waals surface area contributed by atoms with E-state index in [9.17, 15) is 0 Å². The number of tetrazole rings is 1. The average Bonchev–Trinajstić information content (AvgIpc) is 2.89. The van der Waals surface area contributed by atoms with E-state index in [4.69, 9.17) is 0 Å². The lowest BCUT2D eigenvalue weighted by atomic mass is 9.94. The van der Waals surface area contributed by atoms with Crippen molar-refractivity contribution in [1.29, 1.82) is 0 Å². The lowest BCUT2D eigenvalue weighted by Gasteiger charge is -2.20. The topological polar surface area (TPSA) is 55.6 Å². The fourth-order valence-electron chi connectivity index (χ4n) is 2.56. The first-order chi connectivity index (χ1) is 9.33. The summed E-state index contributed by atoms with van der Waals surface area (Å²) in [5, 5.41) is 16.2. The van der Waals surface area contributed by atoms with Gasteiger partial charge < -0.3 is 5.32 Å². The van der Waals surface area contributed by atoms with Crippen molar-refractivity contribution in [2.45, 2.75) is 26.2 Å². The number of hydrogen-bond acceptors (Lipinski definition) is 4. The zero-order valence-electron chi connectivity index (χ0n) is 11.2. The van der Waals surface area contributed by atoms with Gasteiger partial charge in [0.1, 0.15) is 0 Å². The number of para-hydroxylation sites is 1. The van der Waals surface area contributed by atoms with E-state index in [0.717, 1.165) is 36.6 Å². The van der Waals surface area contributed by atoms with Crippen molar-refractivity contribution in [2.24, 2.45) is 5.92 Å². The molecular formula is C14H19N5. The number of nitrogens with one attached hydrogen (secondary N) is 1. The van der Waals surface area contributed by atoms with Crippen LogP contribution in [0, 0.1) is 12.8 Å². The Bertz CT molecular complexity index is 542. The summed E-state index contributed by atoms with van der Waals surface area (Å²) in [5.74, 6) is 1.55. The average molecular weight is 257 g/mol. The van der Waals surface area contributed by atoms with Gasteiger partial charge >= 0.3 is 0 Å². The summed E-state index contributed by atoms with van der Waals surface area (Å²) in [6.45, 7) is 4.28. The summed E-state index contributed by atoms with van der Waals surface area (Å²) < 4.78 is 0. The van der Waals surface area contributed by atoms with Gasteiger partial charge in [-0.15, -0.1) is 15.0 Å². The first-order valence-electron chi connectivity index (χ1n) is 6.88. The van der Waals surface area contributed by atoms with Gasteiger partial charge in [0, 0.05) is 6.42 Å². The molecule has 1 fully saturated rings. The minimum absolute atomic E-state index is 0.691. The van der Waals surface area contributed by atoms with Gasteiger partial charge in [-0.25, -0.2) is 0 Å². The fraction of sp³-hybridized carbons (Fsp3) is 0.500. The molecule has 5 nitrogen and oxygen atoms in total. The molecule has 1 aliphatic heterocycles. The Morgan fingerprint density at radius 3 is 2.84 bits per heavy atom. The number of aryl methyl sites for hydroxylation is 1. The highest BCUT2D eigenvalue weighted by molar-refractivity contribution is 5.37. The SMILES string of the molecule is Cc1ccccc1-n1nnc(CC2CCNCC2)n1. The van der Waals surface area contributed by atoms with Crippen molar-refractivity contribution in [1.82, 2.24) is 25.5 Å². The van der Waals surface area contributed by atoms with E-state index in [1.54, 1.807) is 4.80 Å². The molecule has 0 aliphatic carbocycles. The van der Waals surface area contributed by atoms with Crippen LogP contribution < -0.4 is 5.32 Å². The van der Waals surface area contributed by atoms with Gasteiger partial charge in [-0.3, -0.25) is 0 Å². The molecular weight excluding hydrogens is 238 g/mol. The molecule has 3 rings (SSSR count). The summed E-state index contributed by atoms with van der Waals surface area (Å²) in [4.78, 5) is 1.64. The second-order valence-electron chi connectivity index (χ2n) is 5.18. The fourth-order valence-corrected chi connectivity index (χ4v) is 2.56. The predicted octanol–water partition coefficient (Wildman–Crippen LogP) is 1.51. The summed E-state index contributed by atoms with van der Waals surface area (Å²) >= 11 is 0. The van der Waals surface area contributed by atoms with Crippen molar-refractivity contribution in [3.05, 3.63) is 35.7 Å². The molecule has 0 spiro atoms. The van der Waals surface area contributed by atoms with E-state index in [1.807, 2.05) is 18.2 Å². The van der Waals surface area contributed by atoms with Crippen LogP contribution in [0.2, 0.25) is 0 Å². The molecule has 1 N–H and O–H groups in total. The highest BCUT2D eigenvalue weighted by Crippen LogP contribution is 2.16. The van der Waals surface area contributed by atoms with Crippen molar-refractivity contribution in [2.75, 3.05) is 13.1 Å². The minimum atomic E-state index is 0.691. The number of rotatable bonds is 3. The number of piperidine rings is 1. The quantitative estimate of drug-likeness (QED) is 0.905. The standard InChI is InChI=1S/C14H19N5/c1-11-4-2-3-5-13(11)19-17-14(16-18-19)10-12-6-8-15-9-7-12/h2-5,12,15H,6-10H2,1H3. The maximum Gasteiger partial charge on any atom is 0.175 e. The molecule has 2 heterocycles. The third-order valence-electron chi connectivity index (χ3n) is 3.72. The maximum absolute atomic E-state index is 4.51. The van der Waals surface area contributed by atoms with Crippen LogP contribution in [0.25, 0.3) is 5.69 Å². The summed E-state index contributed by atoms with van der Waals surface area (Å²) in [5.41, 5.74) is 2.17. The summed E-state index contributed by atoms with van der Waals surface area (Å²) in [6, 6.07) is 8.10. The number of aromatic nitrogens is 4. The van der Waals surface area contributed by atoms with E-state index in [1.165, 1.54) is 12.8 Å². The van der Waals surface area contributed by atoms with Crippen LogP contribution in [-0.4, -0.2) is 33.3 Å². The van der Waals surface area contributed by atoms with Gasteiger partial charge in [0.25, 0.3) is 0 Å². The van der Waals surface area contributed by atoms with E-state index in [-0.39, 0.29) is 0 Å². The van der Waals surface area contributed by atoms with E-state index < -0.39 is 0 Å². The Kier molecular flexibility index (Phi) is 3.55. The van der Waals surface area contributed by atoms with E-state index in [0.29, 0.717) is 5.92 Å². The zero-order chi connectivity index (χ0) is 13.1. The lowest BCUT2D eigenvalue weighted by molar-refractivity contribution is 0.367. The normalized spacial score (nSPS) is 16.7. The van der Waals surface area contributed by atoms with Crippen LogP contribution in [0.15, 0.2) is 24.3 Å². The Morgan fingerprint density at radius 2 is 2.05 bits per heavy atom. The molecule has 19 heavy (non-hydrogen) atoms. The second kappa shape index (κ2) is 5.48. The first-order valence-corrected chi connectivity index (χ1v) is 6.88. The lowest BCUT2D eigenvalue weighted by Crippen LogP contribution is -2.28. The van der Waals surface area contributed by atoms with Crippen LogP contribution in [0.1, 0.15) is 24.2 Å². The van der Waals surface area contributed by atoms with Crippen LogP contribution in [0.3, 0.4) is 0 Å². The molecule has 1 saturated heterocycles. The van der Waals surface area contributed by atoms with Gasteiger partial charge in [-0.2, -0.15) is 0 Å². The molecule has 0 atom stereocenters. The molecule has 2 aromatic rings. The Balaban J connectivity index is 1.74. The van der Waals surface area contributed by atoms with Crippen LogP contribution in [-0.2, 0) is 6.42 Å². The Labute approximate surface area is 113 Å². The van der Waals surface area contributed by atoms with Crippen molar-refractivity contribution in [3.63, 3.8) is 0 Å². The smallest absolute Gasteiger partial charge is 0.175 e. The number of nitrogens with zero attached hydrogens (tertiary/aromatic N) is 4. The molecule has 5 heteroatoms. The molecule has 100 valence electrons. The minimum Gasteiger partial charge on any atom is -0.317 e. The van der Waals surface area contributed by atoms with Crippen LogP contribution in [0.5, 0.6) is 0 Å². The van der Waals surface area contributed by atoms with E-state index in [2.05, 4.69) is 33.7 Å². The van der Waals surface area contributed by atoms with Gasteiger partial charge in [0.05, 0.1) is 5.69 Å². The summed E-state index contributed by atoms with van der Waals surface area (Å²) in [6.07, 6.45) is 3.35. The highest BCUT2D eigenvalue weighted by atomic mass is 15.6. The second-order valence-corrected chi connectivity index (χ2v) is 5.18. The van der Waals surface area contributed by atoms with Gasteiger partial charge in [0.2, 0.25) is 0 Å². The van der Waals surface area contributed by atoms with Gasteiger partial charge in [-0.05, 0) is 55.6 Å². The highest BCUT2D eigenvalue weighted by Gasteiger charge is 2.16. The Morgan fingerprint density at radius 1 is 1.26 bits per heavy atom. The van der Waals surface area contributed by atoms with Crippen molar-refractivity contribution >= 4 is 0 Å². The van der Waals surface area contributed by atoms with Crippen molar-refractivity contribution < 1.29 is 0 Å². The third kappa shape index (κ3) is 2.81. The summed E-state index contributed by atoms with van der Waals surface area (Å²) in [7, 11) is 0. The largest absolute Gasteiger partial charge is 0.317 e. The van der Waals surface area contributed by atoms with Gasteiger partial charge in [0.15, 0.2) is 5.82 Å². The molecule has 1 aromatic heterocycles. The van der Waals surface area contributed by atoms with Crippen LogP contribution in [0.4, 0.5) is 0 Å². The number of benzene rings is 1. The monoisotopic (exact) mass is 257 g/mol. The molecule has 0 unspecified atom stereocenters. The molecule has 0 radical (unpaired) electrons. The maximum atomic E-state index is 4.51. The van der Waals surface area contributed by atoms with E-state index >= 15 is 0 Å². The third-order valence-corrected chi connectivity index (χ3v) is 3.72. The first kappa shape index (κ1) is 12.3. The van der Waals surface area contributed by atoms with Crippen LogP contribution >= 0.6 is 0 Å². The molecule has 0 saturated carbocycles. The van der Waals surface area contributed by atoms with Gasteiger partial charge in [-0.1, -0.05) is 18.2 Å². The molecule has 1 aromatic carbocycles.